The number of hydrogen-bond donors (Lipinski definition) is 2. The number of amides is 2. The van der Waals surface area contributed by atoms with Crippen LogP contribution in [0.2, 0.25) is 0 Å². The quantitative estimate of drug-likeness (QED) is 0.495. The average Bonchev–Trinajstić information content (AvgIpc) is 2.00. The van der Waals surface area contributed by atoms with Crippen LogP contribution >= 0.6 is 0 Å². The van der Waals surface area contributed by atoms with E-state index in [1.54, 1.807) is 0 Å². The zero-order chi connectivity index (χ0) is 12.4. The fourth-order valence-electron chi connectivity index (χ4n) is 1.21. The van der Waals surface area contributed by atoms with E-state index in [0.29, 0.717) is 4.90 Å². The van der Waals surface area contributed by atoms with E-state index in [4.69, 9.17) is 10.3 Å². The Hall–Kier alpha value is -0.990. The highest BCUT2D eigenvalue weighted by atomic mass is 32.2. The van der Waals surface area contributed by atoms with Crippen molar-refractivity contribution in [3.63, 3.8) is 0 Å². The minimum Gasteiger partial charge on any atom is -0.293 e. The van der Waals surface area contributed by atoms with Gasteiger partial charge in [-0.25, -0.2) is 4.90 Å². The molecule has 0 bridgehead atoms. The van der Waals surface area contributed by atoms with E-state index < -0.39 is 26.9 Å². The number of carbonyl (C=O) groups is 2. The molecule has 8 heteroatoms. The Morgan fingerprint density at radius 1 is 1.33 bits per heavy atom. The molecule has 2 amide bonds. The Morgan fingerprint density at radius 3 is 1.73 bits per heavy atom. The van der Waals surface area contributed by atoms with Crippen molar-refractivity contribution in [1.82, 2.24) is 4.90 Å². The molecule has 0 saturated carbocycles. The van der Waals surface area contributed by atoms with Crippen molar-refractivity contribution >= 4 is 21.9 Å². The smallest absolute Gasteiger partial charge is 0.293 e. The second kappa shape index (κ2) is 4.25. The zero-order valence-corrected chi connectivity index (χ0v) is 9.54. The van der Waals surface area contributed by atoms with E-state index in [1.807, 2.05) is 0 Å². The summed E-state index contributed by atoms with van der Waals surface area (Å²) in [6.45, 7) is 3.32. The van der Waals surface area contributed by atoms with Crippen LogP contribution in [0.4, 0.5) is 0 Å². The van der Waals surface area contributed by atoms with E-state index >= 15 is 0 Å². The second-order valence-electron chi connectivity index (χ2n) is 3.05. The molecule has 0 radical (unpaired) electrons. The molecule has 0 aromatic heterocycles. The molecule has 1 unspecified atom stereocenters. The zero-order valence-electron chi connectivity index (χ0n) is 8.72. The van der Waals surface area contributed by atoms with Crippen molar-refractivity contribution < 1.29 is 22.6 Å². The third-order valence-corrected chi connectivity index (χ3v) is 3.33. The molecule has 0 aliphatic heterocycles. The third kappa shape index (κ3) is 2.52. The molecule has 0 spiro atoms. The van der Waals surface area contributed by atoms with Crippen LogP contribution in [0.1, 0.15) is 27.2 Å². The summed E-state index contributed by atoms with van der Waals surface area (Å²) in [5.74, 6) is -1.69. The van der Waals surface area contributed by atoms with Crippen LogP contribution in [0.3, 0.4) is 0 Å². The SMILES string of the molecule is CCC(N)(N(C(C)=O)C(C)=O)S(=O)(=O)O. The molecular formula is C7H14N2O5S. The van der Waals surface area contributed by atoms with Gasteiger partial charge < -0.3 is 0 Å². The Bertz CT molecular complexity index is 363. The predicted octanol–water partition coefficient (Wildman–Crippen LogP) is -0.708. The lowest BCUT2D eigenvalue weighted by Gasteiger charge is -2.34. The lowest BCUT2D eigenvalue weighted by molar-refractivity contribution is -0.146. The van der Waals surface area contributed by atoms with E-state index in [-0.39, 0.29) is 6.42 Å². The lowest BCUT2D eigenvalue weighted by atomic mass is 10.3. The van der Waals surface area contributed by atoms with Crippen LogP contribution < -0.4 is 5.73 Å². The molecule has 0 saturated heterocycles. The van der Waals surface area contributed by atoms with Gasteiger partial charge in [-0.15, -0.1) is 0 Å². The molecule has 0 heterocycles. The molecule has 0 fully saturated rings. The molecular weight excluding hydrogens is 224 g/mol. The standard InChI is InChI=1S/C7H14N2O5S/c1-4-7(8,15(12,13)14)9(5(2)10)6(3)11/h4,8H2,1-3H3,(H,12,13,14). The van der Waals surface area contributed by atoms with Gasteiger partial charge in [0.05, 0.1) is 0 Å². The van der Waals surface area contributed by atoms with Gasteiger partial charge in [0.1, 0.15) is 0 Å². The highest BCUT2D eigenvalue weighted by Crippen LogP contribution is 2.20. The van der Waals surface area contributed by atoms with Gasteiger partial charge in [-0.1, -0.05) is 6.92 Å². The van der Waals surface area contributed by atoms with Crippen LogP contribution in [0.5, 0.6) is 0 Å². The maximum atomic E-state index is 11.1. The second-order valence-corrected chi connectivity index (χ2v) is 4.70. The van der Waals surface area contributed by atoms with Crippen LogP contribution in [-0.2, 0) is 19.7 Å². The molecule has 0 aliphatic rings. The summed E-state index contributed by atoms with van der Waals surface area (Å²) in [7, 11) is -4.74. The van der Waals surface area contributed by atoms with E-state index in [1.165, 1.54) is 6.92 Å². The number of nitrogens with zero attached hydrogens (tertiary/aromatic N) is 1. The van der Waals surface area contributed by atoms with E-state index in [2.05, 4.69) is 0 Å². The van der Waals surface area contributed by atoms with Crippen molar-refractivity contribution in [1.29, 1.82) is 0 Å². The fourth-order valence-corrected chi connectivity index (χ4v) is 2.06. The molecule has 7 nitrogen and oxygen atoms in total. The molecule has 0 aliphatic carbocycles. The first-order valence-corrected chi connectivity index (χ1v) is 5.59. The van der Waals surface area contributed by atoms with E-state index in [0.717, 1.165) is 13.8 Å². The Labute approximate surface area is 88.0 Å². The maximum absolute atomic E-state index is 11.1. The minimum absolute atomic E-state index is 0.301. The first kappa shape index (κ1) is 14.0. The predicted molar refractivity (Wildman–Crippen MR) is 52.0 cm³/mol. The van der Waals surface area contributed by atoms with Gasteiger partial charge in [-0.3, -0.25) is 19.9 Å². The van der Waals surface area contributed by atoms with E-state index in [9.17, 15) is 18.0 Å². The topological polar surface area (TPSA) is 118 Å². The summed E-state index contributed by atoms with van der Waals surface area (Å²) in [6, 6.07) is 0. The summed E-state index contributed by atoms with van der Waals surface area (Å²) >= 11 is 0. The summed E-state index contributed by atoms with van der Waals surface area (Å²) in [4.78, 5) is 20.1. The van der Waals surface area contributed by atoms with Gasteiger partial charge in [0.15, 0.2) is 0 Å². The summed E-state index contributed by atoms with van der Waals surface area (Å²) in [5.41, 5.74) is 5.37. The minimum atomic E-state index is -4.74. The maximum Gasteiger partial charge on any atom is 0.303 e. The normalized spacial score (nSPS) is 15.5. The van der Waals surface area contributed by atoms with Crippen molar-refractivity contribution in [3.05, 3.63) is 0 Å². The highest BCUT2D eigenvalue weighted by Gasteiger charge is 2.46. The van der Waals surface area contributed by atoms with Crippen molar-refractivity contribution in [3.8, 4) is 0 Å². The molecule has 1 atom stereocenters. The number of imide groups is 1. The van der Waals surface area contributed by atoms with Gasteiger partial charge in [-0.2, -0.15) is 8.42 Å². The summed E-state index contributed by atoms with van der Waals surface area (Å²) in [6.07, 6.45) is -0.301. The average molecular weight is 238 g/mol. The third-order valence-electron chi connectivity index (χ3n) is 1.96. The van der Waals surface area contributed by atoms with Crippen LogP contribution in [0, 0.1) is 0 Å². The van der Waals surface area contributed by atoms with Gasteiger partial charge in [0.2, 0.25) is 16.8 Å². The Morgan fingerprint density at radius 2 is 1.67 bits per heavy atom. The van der Waals surface area contributed by atoms with Crippen molar-refractivity contribution in [2.24, 2.45) is 5.73 Å². The number of carbonyl (C=O) groups excluding carboxylic acids is 2. The lowest BCUT2D eigenvalue weighted by Crippen LogP contribution is -2.63. The first-order valence-electron chi connectivity index (χ1n) is 4.15. The Kier molecular flexibility index (Phi) is 3.97. The van der Waals surface area contributed by atoms with Gasteiger partial charge in [0, 0.05) is 13.8 Å². The molecule has 0 rings (SSSR count). The molecule has 15 heavy (non-hydrogen) atoms. The van der Waals surface area contributed by atoms with Crippen molar-refractivity contribution in [2.45, 2.75) is 32.2 Å². The van der Waals surface area contributed by atoms with Crippen LogP contribution in [0.15, 0.2) is 0 Å². The van der Waals surface area contributed by atoms with Crippen molar-refractivity contribution in [2.75, 3.05) is 0 Å². The summed E-state index contributed by atoms with van der Waals surface area (Å²) < 4.78 is 30.9. The van der Waals surface area contributed by atoms with Crippen LogP contribution in [-0.4, -0.2) is 34.7 Å². The molecule has 0 aromatic rings. The van der Waals surface area contributed by atoms with Gasteiger partial charge in [-0.05, 0) is 6.42 Å². The van der Waals surface area contributed by atoms with Crippen LogP contribution in [0.25, 0.3) is 0 Å². The number of hydrogen-bond acceptors (Lipinski definition) is 5. The largest absolute Gasteiger partial charge is 0.303 e. The Balaban J connectivity index is 5.64. The monoisotopic (exact) mass is 238 g/mol. The number of rotatable bonds is 3. The highest BCUT2D eigenvalue weighted by molar-refractivity contribution is 7.87. The van der Waals surface area contributed by atoms with Gasteiger partial charge >= 0.3 is 10.1 Å². The first-order chi connectivity index (χ1) is 6.58. The molecule has 0 aromatic carbocycles. The van der Waals surface area contributed by atoms with Gasteiger partial charge in [0.25, 0.3) is 0 Å². The fraction of sp³-hybridized carbons (Fsp3) is 0.714. The number of nitrogens with two attached hydrogens (primary N) is 1. The molecule has 3 N–H and O–H groups in total. The molecule has 88 valence electrons. The summed E-state index contributed by atoms with van der Waals surface area (Å²) in [5, 5.41) is 0.